The van der Waals surface area contributed by atoms with Crippen molar-refractivity contribution in [1.82, 2.24) is 4.98 Å². The molecule has 1 aromatic heterocycles. The van der Waals surface area contributed by atoms with Gasteiger partial charge in [-0.2, -0.15) is 0 Å². The quantitative estimate of drug-likeness (QED) is 0.612. The molecule has 2 rings (SSSR count). The summed E-state index contributed by atoms with van der Waals surface area (Å²) in [5, 5.41) is 1.01. The number of phosphoric acid groups is 1. The maximum Gasteiger partial charge on any atom is 0.469 e. The van der Waals surface area contributed by atoms with E-state index in [0.717, 1.165) is 22.9 Å². The predicted octanol–water partition coefficient (Wildman–Crippen LogP) is 1.28. The van der Waals surface area contributed by atoms with E-state index in [-0.39, 0.29) is 6.61 Å². The van der Waals surface area contributed by atoms with Crippen molar-refractivity contribution in [3.63, 3.8) is 0 Å². The summed E-state index contributed by atoms with van der Waals surface area (Å²) in [6, 6.07) is 5.53. The van der Waals surface area contributed by atoms with Crippen molar-refractivity contribution in [1.29, 1.82) is 0 Å². The second kappa shape index (κ2) is 5.22. The van der Waals surface area contributed by atoms with E-state index in [9.17, 15) is 4.57 Å². The van der Waals surface area contributed by atoms with Crippen LogP contribution in [0.1, 0.15) is 11.1 Å². The zero-order valence-corrected chi connectivity index (χ0v) is 10.6. The first-order chi connectivity index (χ1) is 8.51. The minimum absolute atomic E-state index is 0.135. The zero-order chi connectivity index (χ0) is 13.2. The molecule has 18 heavy (non-hydrogen) atoms. The smallest absolute Gasteiger partial charge is 0.361 e. The largest absolute Gasteiger partial charge is 0.469 e. The molecule has 0 saturated carbocycles. The number of benzene rings is 1. The lowest BCUT2D eigenvalue weighted by atomic mass is 10.1. The highest BCUT2D eigenvalue weighted by atomic mass is 31.2. The molecule has 0 unspecified atom stereocenters. The maximum atomic E-state index is 10.7. The van der Waals surface area contributed by atoms with Crippen molar-refractivity contribution in [2.24, 2.45) is 5.73 Å². The lowest BCUT2D eigenvalue weighted by molar-refractivity contribution is 0.189. The van der Waals surface area contributed by atoms with Crippen LogP contribution < -0.4 is 5.73 Å². The molecule has 0 saturated heterocycles. The molecule has 7 heteroatoms. The van der Waals surface area contributed by atoms with Gasteiger partial charge >= 0.3 is 7.82 Å². The van der Waals surface area contributed by atoms with Gasteiger partial charge in [0.15, 0.2) is 0 Å². The van der Waals surface area contributed by atoms with Gasteiger partial charge in [-0.25, -0.2) is 4.57 Å². The van der Waals surface area contributed by atoms with Crippen molar-refractivity contribution >= 4 is 18.7 Å². The van der Waals surface area contributed by atoms with Gasteiger partial charge in [0.05, 0.1) is 12.1 Å². The number of H-pyrrole nitrogens is 1. The van der Waals surface area contributed by atoms with Gasteiger partial charge in [0.1, 0.15) is 0 Å². The summed E-state index contributed by atoms with van der Waals surface area (Å²) < 4.78 is 15.2. The second-order valence-electron chi connectivity index (χ2n) is 3.96. The lowest BCUT2D eigenvalue weighted by Crippen LogP contribution is -2.01. The van der Waals surface area contributed by atoms with Crippen molar-refractivity contribution in [3.8, 4) is 0 Å². The number of nitrogens with one attached hydrogen (secondary N) is 1. The summed E-state index contributed by atoms with van der Waals surface area (Å²) in [4.78, 5) is 20.5. The van der Waals surface area contributed by atoms with E-state index in [0.29, 0.717) is 12.1 Å². The number of nitrogens with two attached hydrogens (primary N) is 1. The summed E-state index contributed by atoms with van der Waals surface area (Å²) in [6.07, 6.45) is 2.61. The summed E-state index contributed by atoms with van der Waals surface area (Å²) in [5.41, 5.74) is 8.15. The number of phosphoric ester groups is 1. The predicted molar refractivity (Wildman–Crippen MR) is 67.9 cm³/mol. The molecule has 0 amide bonds. The summed E-state index contributed by atoms with van der Waals surface area (Å²) in [5.74, 6) is 0. The average Bonchev–Trinajstić information content (AvgIpc) is 2.70. The van der Waals surface area contributed by atoms with Crippen molar-refractivity contribution < 1.29 is 18.9 Å². The third-order valence-electron chi connectivity index (χ3n) is 2.69. The molecule has 5 N–H and O–H groups in total. The molecule has 1 aromatic carbocycles. The van der Waals surface area contributed by atoms with Crippen molar-refractivity contribution in [3.05, 3.63) is 35.5 Å². The van der Waals surface area contributed by atoms with Crippen LogP contribution in [0.3, 0.4) is 0 Å². The Balaban J connectivity index is 2.31. The van der Waals surface area contributed by atoms with Crippen LogP contribution in [0.25, 0.3) is 10.9 Å². The molecule has 0 fully saturated rings. The fourth-order valence-corrected chi connectivity index (χ4v) is 2.22. The van der Waals surface area contributed by atoms with Gasteiger partial charge in [0, 0.05) is 17.1 Å². The first kappa shape index (κ1) is 13.3. The van der Waals surface area contributed by atoms with Crippen LogP contribution in [0, 0.1) is 0 Å². The fourth-order valence-electron chi connectivity index (χ4n) is 1.91. The molecule has 0 aliphatic rings. The van der Waals surface area contributed by atoms with Crippen LogP contribution in [-0.4, -0.2) is 21.3 Å². The summed E-state index contributed by atoms with van der Waals surface area (Å²) in [6.45, 7) is 0.417. The van der Waals surface area contributed by atoms with Gasteiger partial charge in [-0.15, -0.1) is 0 Å². The first-order valence-corrected chi connectivity index (χ1v) is 7.02. The number of hydrogen-bond acceptors (Lipinski definition) is 3. The zero-order valence-electron chi connectivity index (χ0n) is 9.67. The average molecular weight is 270 g/mol. The number of aromatic nitrogens is 1. The third kappa shape index (κ3) is 2.98. The Labute approximate surface area is 104 Å². The summed E-state index contributed by atoms with van der Waals surface area (Å²) >= 11 is 0. The number of fused-ring (bicyclic) bond motifs is 1. The van der Waals surface area contributed by atoms with Gasteiger partial charge in [0.2, 0.25) is 0 Å². The second-order valence-corrected chi connectivity index (χ2v) is 5.20. The van der Waals surface area contributed by atoms with Crippen LogP contribution >= 0.6 is 7.82 Å². The Morgan fingerprint density at radius 1 is 1.33 bits per heavy atom. The molecular formula is C11H15N2O4P. The third-order valence-corrected chi connectivity index (χ3v) is 3.15. The minimum atomic E-state index is -4.45. The normalized spacial score (nSPS) is 12.2. The Morgan fingerprint density at radius 2 is 2.11 bits per heavy atom. The van der Waals surface area contributed by atoms with Crippen LogP contribution in [0.5, 0.6) is 0 Å². The number of hydrogen-bond donors (Lipinski definition) is 4. The van der Waals surface area contributed by atoms with Gasteiger partial charge in [-0.3, -0.25) is 4.52 Å². The monoisotopic (exact) mass is 270 g/mol. The van der Waals surface area contributed by atoms with E-state index in [1.807, 2.05) is 18.3 Å². The molecule has 0 bridgehead atoms. The van der Waals surface area contributed by atoms with E-state index < -0.39 is 7.82 Å². The van der Waals surface area contributed by atoms with E-state index in [2.05, 4.69) is 9.51 Å². The first-order valence-electron chi connectivity index (χ1n) is 5.49. The molecule has 0 aliphatic carbocycles. The highest BCUT2D eigenvalue weighted by molar-refractivity contribution is 7.46. The topological polar surface area (TPSA) is 109 Å². The van der Waals surface area contributed by atoms with Crippen molar-refractivity contribution in [2.75, 3.05) is 6.54 Å². The van der Waals surface area contributed by atoms with Crippen molar-refractivity contribution in [2.45, 2.75) is 13.0 Å². The van der Waals surface area contributed by atoms with E-state index in [1.54, 1.807) is 6.07 Å². The number of rotatable bonds is 5. The highest BCUT2D eigenvalue weighted by Gasteiger charge is 2.15. The van der Waals surface area contributed by atoms with Gasteiger partial charge in [0.25, 0.3) is 0 Å². The Bertz CT molecular complexity index is 590. The van der Waals surface area contributed by atoms with Crippen LogP contribution in [0.2, 0.25) is 0 Å². The SMILES string of the molecule is NCCc1c[nH]c2c(COP(=O)(O)O)cccc12. The molecule has 0 spiro atoms. The number of aromatic amines is 1. The lowest BCUT2D eigenvalue weighted by Gasteiger charge is -2.06. The van der Waals surface area contributed by atoms with Gasteiger partial charge in [-0.1, -0.05) is 18.2 Å². The molecular weight excluding hydrogens is 255 g/mol. The minimum Gasteiger partial charge on any atom is -0.361 e. The van der Waals surface area contributed by atoms with Crippen LogP contribution in [-0.2, 0) is 22.1 Å². The summed E-state index contributed by atoms with van der Waals surface area (Å²) in [7, 11) is -4.45. The maximum absolute atomic E-state index is 10.7. The van der Waals surface area contributed by atoms with E-state index in [1.165, 1.54) is 0 Å². The van der Waals surface area contributed by atoms with Gasteiger partial charge in [-0.05, 0) is 18.5 Å². The van der Waals surface area contributed by atoms with Gasteiger partial charge < -0.3 is 20.5 Å². The Hall–Kier alpha value is -1.17. The molecule has 0 atom stereocenters. The fraction of sp³-hybridized carbons (Fsp3) is 0.273. The Kier molecular flexibility index (Phi) is 3.85. The molecule has 6 nitrogen and oxygen atoms in total. The van der Waals surface area contributed by atoms with E-state index >= 15 is 0 Å². The molecule has 98 valence electrons. The standard InChI is InChI=1S/C11H15N2O4P/c12-5-4-8-6-13-11-9(2-1-3-10(8)11)7-17-18(14,15)16/h1-3,6,13H,4-5,7,12H2,(H2,14,15,16). The van der Waals surface area contributed by atoms with E-state index in [4.69, 9.17) is 15.5 Å². The highest BCUT2D eigenvalue weighted by Crippen LogP contribution is 2.37. The Morgan fingerprint density at radius 3 is 2.78 bits per heavy atom. The van der Waals surface area contributed by atoms with Crippen LogP contribution in [0.15, 0.2) is 24.4 Å². The van der Waals surface area contributed by atoms with Crippen LogP contribution in [0.4, 0.5) is 0 Å². The molecule has 0 aliphatic heterocycles. The molecule has 1 heterocycles. The molecule has 0 radical (unpaired) electrons. The number of para-hydroxylation sites is 1. The molecule has 2 aromatic rings.